The monoisotopic (exact) mass is 835 g/mol. The van der Waals surface area contributed by atoms with Crippen LogP contribution in [0.25, 0.3) is 0 Å². The first-order valence-corrected chi connectivity index (χ1v) is 26.2. The van der Waals surface area contributed by atoms with Gasteiger partial charge in [0, 0.05) is 19.3 Å². The van der Waals surface area contributed by atoms with E-state index in [1.807, 2.05) is 0 Å². The summed E-state index contributed by atoms with van der Waals surface area (Å²) in [6, 6.07) is 0. The average Bonchev–Trinajstić information content (AvgIpc) is 3.20. The summed E-state index contributed by atoms with van der Waals surface area (Å²) in [6.45, 7) is 11.3. The highest BCUT2D eigenvalue weighted by Gasteiger charge is 2.19. The first-order chi connectivity index (χ1) is 28.7. The zero-order valence-corrected chi connectivity index (χ0v) is 40.4. The summed E-state index contributed by atoms with van der Waals surface area (Å²) in [4.78, 5) is 37.9. The van der Waals surface area contributed by atoms with Gasteiger partial charge in [-0.25, -0.2) is 0 Å². The van der Waals surface area contributed by atoms with Crippen molar-refractivity contribution in [2.24, 2.45) is 11.8 Å². The Bertz CT molecular complexity index is 900. The number of rotatable bonds is 47. The molecule has 0 aromatic heterocycles. The molecule has 0 heterocycles. The van der Waals surface area contributed by atoms with Crippen molar-refractivity contribution in [3.63, 3.8) is 0 Å². The lowest BCUT2D eigenvalue weighted by atomic mass is 10.0. The van der Waals surface area contributed by atoms with Crippen molar-refractivity contribution in [2.75, 3.05) is 13.2 Å². The van der Waals surface area contributed by atoms with E-state index in [4.69, 9.17) is 14.2 Å². The minimum Gasteiger partial charge on any atom is -0.462 e. The molecule has 0 N–H and O–H groups in total. The second-order valence-electron chi connectivity index (χ2n) is 19.1. The van der Waals surface area contributed by atoms with Gasteiger partial charge in [0.15, 0.2) is 6.10 Å². The van der Waals surface area contributed by atoms with Crippen LogP contribution in [0.3, 0.4) is 0 Å². The number of hydrogen-bond acceptors (Lipinski definition) is 6. The largest absolute Gasteiger partial charge is 0.462 e. The average molecular weight is 835 g/mol. The van der Waals surface area contributed by atoms with Crippen LogP contribution in [0, 0.1) is 11.8 Å². The molecule has 0 unspecified atom stereocenters. The third-order valence-electron chi connectivity index (χ3n) is 12.0. The number of unbranched alkanes of at least 4 members (excludes halogenated alkanes) is 32. The number of carbonyl (C=O) groups excluding carboxylic acids is 3. The van der Waals surface area contributed by atoms with Crippen molar-refractivity contribution in [1.82, 2.24) is 0 Å². The van der Waals surface area contributed by atoms with Crippen LogP contribution in [-0.4, -0.2) is 37.2 Å². The minimum atomic E-state index is -0.762. The van der Waals surface area contributed by atoms with Gasteiger partial charge >= 0.3 is 17.9 Å². The van der Waals surface area contributed by atoms with Gasteiger partial charge < -0.3 is 14.2 Å². The van der Waals surface area contributed by atoms with Crippen LogP contribution >= 0.6 is 0 Å². The lowest BCUT2D eigenvalue weighted by Crippen LogP contribution is -2.30. The predicted octanol–water partition coefficient (Wildman–Crippen LogP) is 16.9. The molecule has 0 spiro atoms. The van der Waals surface area contributed by atoms with Crippen LogP contribution in [0.5, 0.6) is 0 Å². The zero-order chi connectivity index (χ0) is 43.3. The lowest BCUT2D eigenvalue weighted by Gasteiger charge is -2.18. The fourth-order valence-corrected chi connectivity index (χ4v) is 7.99. The smallest absolute Gasteiger partial charge is 0.306 e. The van der Waals surface area contributed by atoms with E-state index in [2.05, 4.69) is 34.6 Å². The lowest BCUT2D eigenvalue weighted by molar-refractivity contribution is -0.167. The molecule has 0 rings (SSSR count). The molecular weight excluding hydrogens is 733 g/mol. The normalized spacial score (nSPS) is 12.1. The van der Waals surface area contributed by atoms with Crippen LogP contribution in [0.15, 0.2) is 0 Å². The summed E-state index contributed by atoms with van der Waals surface area (Å²) in [5.74, 6) is 0.764. The third-order valence-corrected chi connectivity index (χ3v) is 12.0. The quantitative estimate of drug-likeness (QED) is 0.0345. The summed E-state index contributed by atoms with van der Waals surface area (Å²) >= 11 is 0. The maximum Gasteiger partial charge on any atom is 0.306 e. The summed E-state index contributed by atoms with van der Waals surface area (Å²) in [5.41, 5.74) is 0. The van der Waals surface area contributed by atoms with Crippen LogP contribution in [0.4, 0.5) is 0 Å². The molecule has 0 amide bonds. The van der Waals surface area contributed by atoms with Gasteiger partial charge in [-0.2, -0.15) is 0 Å². The van der Waals surface area contributed by atoms with E-state index in [1.165, 1.54) is 180 Å². The number of esters is 3. The summed E-state index contributed by atoms with van der Waals surface area (Å²) in [7, 11) is 0. The molecule has 0 aliphatic heterocycles. The van der Waals surface area contributed by atoms with Crippen molar-refractivity contribution in [3.8, 4) is 0 Å². The van der Waals surface area contributed by atoms with Crippen molar-refractivity contribution in [2.45, 2.75) is 298 Å². The second kappa shape index (κ2) is 45.9. The SMILES string of the molecule is CCCCCCCCCCCCCCCCCCC(=O)OC[C@H](COC(=O)CCCCCCCCCC(C)C)OC(=O)CCCCCCCCCCCCCCC(C)C. The molecular formula is C53H102O6. The van der Waals surface area contributed by atoms with Crippen LogP contribution in [-0.2, 0) is 28.6 Å². The van der Waals surface area contributed by atoms with Gasteiger partial charge in [0.25, 0.3) is 0 Å². The fraction of sp³-hybridized carbons (Fsp3) is 0.943. The van der Waals surface area contributed by atoms with Gasteiger partial charge in [0.2, 0.25) is 0 Å². The maximum absolute atomic E-state index is 12.8. The standard InChI is InChI=1S/C53H102O6/c1-6-7-8-9-10-11-12-13-14-15-16-20-23-28-33-38-43-51(54)57-46-50(47-58-52(55)44-39-34-30-25-27-32-37-42-49(4)5)59-53(56)45-40-35-29-24-21-18-17-19-22-26-31-36-41-48(2)3/h48-50H,6-47H2,1-5H3/t50-/m1/s1. The molecule has 0 aliphatic rings. The molecule has 0 aliphatic carbocycles. The number of carbonyl (C=O) groups is 3. The van der Waals surface area contributed by atoms with Gasteiger partial charge in [0.1, 0.15) is 13.2 Å². The van der Waals surface area contributed by atoms with E-state index in [9.17, 15) is 14.4 Å². The summed E-state index contributed by atoms with van der Waals surface area (Å²) < 4.78 is 16.8. The molecule has 6 nitrogen and oxygen atoms in total. The second-order valence-corrected chi connectivity index (χ2v) is 19.1. The Labute approximate surface area is 368 Å². The maximum atomic E-state index is 12.8. The third kappa shape index (κ3) is 47.3. The Morgan fingerprint density at radius 3 is 0.831 bits per heavy atom. The Hall–Kier alpha value is -1.59. The van der Waals surface area contributed by atoms with Gasteiger partial charge in [-0.3, -0.25) is 14.4 Å². The molecule has 0 bridgehead atoms. The van der Waals surface area contributed by atoms with E-state index >= 15 is 0 Å². The number of hydrogen-bond donors (Lipinski definition) is 0. The van der Waals surface area contributed by atoms with Gasteiger partial charge in [-0.05, 0) is 31.1 Å². The Kier molecular flexibility index (Phi) is 44.7. The highest BCUT2D eigenvalue weighted by Crippen LogP contribution is 2.17. The van der Waals surface area contributed by atoms with Crippen molar-refractivity contribution < 1.29 is 28.6 Å². The molecule has 0 aromatic rings. The zero-order valence-electron chi connectivity index (χ0n) is 40.4. The molecule has 0 radical (unpaired) electrons. The van der Waals surface area contributed by atoms with Gasteiger partial charge in [-0.15, -0.1) is 0 Å². The molecule has 0 aromatic carbocycles. The van der Waals surface area contributed by atoms with Gasteiger partial charge in [-0.1, -0.05) is 253 Å². The van der Waals surface area contributed by atoms with Crippen molar-refractivity contribution in [1.29, 1.82) is 0 Å². The number of ether oxygens (including phenoxy) is 3. The first-order valence-electron chi connectivity index (χ1n) is 26.2. The predicted molar refractivity (Wildman–Crippen MR) is 252 cm³/mol. The Morgan fingerprint density at radius 1 is 0.322 bits per heavy atom. The van der Waals surface area contributed by atoms with Crippen molar-refractivity contribution in [3.05, 3.63) is 0 Å². The summed E-state index contributed by atoms with van der Waals surface area (Å²) in [6.07, 6.45) is 46.7. The minimum absolute atomic E-state index is 0.0640. The van der Waals surface area contributed by atoms with Crippen molar-refractivity contribution >= 4 is 17.9 Å². The van der Waals surface area contributed by atoms with E-state index in [0.717, 1.165) is 69.6 Å². The summed E-state index contributed by atoms with van der Waals surface area (Å²) in [5, 5.41) is 0. The highest BCUT2D eigenvalue weighted by atomic mass is 16.6. The molecule has 59 heavy (non-hydrogen) atoms. The fourth-order valence-electron chi connectivity index (χ4n) is 7.99. The van der Waals surface area contributed by atoms with Gasteiger partial charge in [0.05, 0.1) is 0 Å². The molecule has 0 saturated carbocycles. The topological polar surface area (TPSA) is 78.9 Å². The molecule has 350 valence electrons. The van der Waals surface area contributed by atoms with Crippen LogP contribution in [0.1, 0.15) is 291 Å². The molecule has 6 heteroatoms. The Balaban J connectivity index is 4.28. The van der Waals surface area contributed by atoms with E-state index in [0.29, 0.717) is 19.3 Å². The van der Waals surface area contributed by atoms with E-state index in [1.54, 1.807) is 0 Å². The van der Waals surface area contributed by atoms with E-state index in [-0.39, 0.29) is 31.1 Å². The molecule has 1 atom stereocenters. The first kappa shape index (κ1) is 57.4. The molecule has 0 fully saturated rings. The Morgan fingerprint density at radius 2 is 0.559 bits per heavy atom. The molecule has 0 saturated heterocycles. The van der Waals surface area contributed by atoms with Crippen LogP contribution in [0.2, 0.25) is 0 Å². The highest BCUT2D eigenvalue weighted by molar-refractivity contribution is 5.71. The van der Waals surface area contributed by atoms with Crippen LogP contribution < -0.4 is 0 Å². The van der Waals surface area contributed by atoms with E-state index < -0.39 is 6.10 Å².